The number of benzene rings is 1. The van der Waals surface area contributed by atoms with Gasteiger partial charge in [-0.05, 0) is 75.5 Å². The van der Waals surface area contributed by atoms with E-state index in [1.165, 1.54) is 4.90 Å². The Labute approximate surface area is 246 Å². The Bertz CT molecular complexity index is 1400. The number of nitrogens with two attached hydrogens (primary N) is 1. The first-order valence-corrected chi connectivity index (χ1v) is 14.2. The lowest BCUT2D eigenvalue weighted by atomic mass is 9.57. The minimum Gasteiger partial charge on any atom is -0.508 e. The zero-order chi connectivity index (χ0) is 31.6. The number of hydrogen-bond acceptors (Lipinski definition) is 10. The smallest absolute Gasteiger partial charge is 0.255 e. The predicted octanol–water partition coefficient (Wildman–Crippen LogP) is 1.90. The third-order valence-electron chi connectivity index (χ3n) is 8.90. The quantitative estimate of drug-likeness (QED) is 0.299. The lowest BCUT2D eigenvalue weighted by molar-refractivity contribution is -0.153. The molecule has 0 radical (unpaired) electrons. The number of hydrogen-bond donors (Lipinski definition) is 5. The van der Waals surface area contributed by atoms with Crippen molar-refractivity contribution in [1.29, 1.82) is 0 Å². The van der Waals surface area contributed by atoms with E-state index < -0.39 is 58.0 Å². The van der Waals surface area contributed by atoms with Crippen LogP contribution in [0.5, 0.6) is 5.75 Å². The largest absolute Gasteiger partial charge is 0.508 e. The summed E-state index contributed by atoms with van der Waals surface area (Å²) in [6.45, 7) is 7.92. The van der Waals surface area contributed by atoms with Gasteiger partial charge in [-0.25, -0.2) is 0 Å². The fourth-order valence-corrected chi connectivity index (χ4v) is 6.94. The van der Waals surface area contributed by atoms with Crippen LogP contribution in [0.15, 0.2) is 23.0 Å². The van der Waals surface area contributed by atoms with Gasteiger partial charge < -0.3 is 36.0 Å². The summed E-state index contributed by atoms with van der Waals surface area (Å²) in [5, 5.41) is 45.5. The van der Waals surface area contributed by atoms with E-state index in [2.05, 4.69) is 25.7 Å². The predicted molar refractivity (Wildman–Crippen MR) is 159 cm³/mol. The summed E-state index contributed by atoms with van der Waals surface area (Å²) in [7, 11) is 8.93. The number of phenolic OH excluding ortho intramolecular Hbond substituents is 1. The van der Waals surface area contributed by atoms with Crippen LogP contribution in [0.1, 0.15) is 50.3 Å². The number of nitrogens with zero attached hydrogens (tertiary/aromatic N) is 3. The molecule has 1 saturated carbocycles. The standard InChI is InChI=1S/C31H44N4O7/c1-30(2,3)9-10-35(8)14-16-13-19(36)21-17(23(16)33(4)5)11-15-12-18-24(34(6)7)26(38)22(29(32)41)28(40)31(18,42)27(39)20(15)25(21)37/h13,15,18,24,36-37,40,42H,9-12,14H2,1-8H3,(H2,32,41)/t15-,18-,24-,31-/m0/s1. The lowest BCUT2D eigenvalue weighted by Crippen LogP contribution is -2.65. The molecule has 0 saturated heterocycles. The van der Waals surface area contributed by atoms with E-state index >= 15 is 0 Å². The Balaban J connectivity index is 1.87. The van der Waals surface area contributed by atoms with Gasteiger partial charge in [0, 0.05) is 37.8 Å². The number of aliphatic hydroxyl groups excluding tert-OH is 2. The van der Waals surface area contributed by atoms with Gasteiger partial charge in [-0.3, -0.25) is 19.3 Å². The van der Waals surface area contributed by atoms with E-state index in [0.717, 1.165) is 24.2 Å². The molecule has 4 atom stereocenters. The van der Waals surface area contributed by atoms with E-state index in [0.29, 0.717) is 12.1 Å². The molecule has 1 aromatic carbocycles. The molecule has 0 unspecified atom stereocenters. The van der Waals surface area contributed by atoms with Crippen molar-refractivity contribution in [2.24, 2.45) is 23.0 Å². The maximum atomic E-state index is 14.0. The number of carbonyl (C=O) groups is 3. The summed E-state index contributed by atoms with van der Waals surface area (Å²) >= 11 is 0. The van der Waals surface area contributed by atoms with Crippen molar-refractivity contribution in [3.63, 3.8) is 0 Å². The van der Waals surface area contributed by atoms with Crippen LogP contribution in [0.2, 0.25) is 0 Å². The molecule has 6 N–H and O–H groups in total. The van der Waals surface area contributed by atoms with Crippen LogP contribution in [0.25, 0.3) is 5.76 Å². The molecule has 11 heteroatoms. The number of amides is 1. The van der Waals surface area contributed by atoms with E-state index in [1.807, 2.05) is 26.0 Å². The van der Waals surface area contributed by atoms with Gasteiger partial charge in [0.15, 0.2) is 11.4 Å². The fraction of sp³-hybridized carbons (Fsp3) is 0.581. The Morgan fingerprint density at radius 1 is 1.10 bits per heavy atom. The molecule has 3 aliphatic carbocycles. The molecule has 0 bridgehead atoms. The number of rotatable bonds is 7. The number of Topliss-reactive ketones (excluding diaryl/α,β-unsaturated/α-hetero) is 2. The molecular formula is C31H44N4O7. The van der Waals surface area contributed by atoms with Gasteiger partial charge in [0.1, 0.15) is 22.8 Å². The molecule has 0 aromatic heterocycles. The Morgan fingerprint density at radius 2 is 1.71 bits per heavy atom. The van der Waals surface area contributed by atoms with Gasteiger partial charge >= 0.3 is 0 Å². The topological polar surface area (TPSA) is 168 Å². The highest BCUT2D eigenvalue weighted by molar-refractivity contribution is 6.24. The number of ketones is 2. The fourth-order valence-electron chi connectivity index (χ4n) is 6.94. The van der Waals surface area contributed by atoms with Crippen LogP contribution in [-0.4, -0.2) is 101 Å². The second-order valence-corrected chi connectivity index (χ2v) is 13.7. The van der Waals surface area contributed by atoms with Gasteiger partial charge in [0.05, 0.1) is 11.6 Å². The van der Waals surface area contributed by atoms with Crippen LogP contribution >= 0.6 is 0 Å². The monoisotopic (exact) mass is 584 g/mol. The Morgan fingerprint density at radius 3 is 2.24 bits per heavy atom. The lowest BCUT2D eigenvalue weighted by Gasteiger charge is -2.50. The molecule has 1 aromatic rings. The first-order chi connectivity index (χ1) is 19.3. The van der Waals surface area contributed by atoms with Crippen LogP contribution in [0.3, 0.4) is 0 Å². The molecule has 0 heterocycles. The normalized spacial score (nSPS) is 26.0. The molecular weight excluding hydrogens is 540 g/mol. The number of primary amides is 1. The molecule has 1 amide bonds. The van der Waals surface area contributed by atoms with Gasteiger partial charge in [0.25, 0.3) is 5.91 Å². The van der Waals surface area contributed by atoms with Crippen LogP contribution in [-0.2, 0) is 27.3 Å². The maximum Gasteiger partial charge on any atom is 0.255 e. The summed E-state index contributed by atoms with van der Waals surface area (Å²) < 4.78 is 0. The number of likely N-dealkylation sites (N-methyl/N-ethyl adjacent to an activating group) is 1. The molecule has 1 fully saturated rings. The Hall–Kier alpha value is -3.41. The van der Waals surface area contributed by atoms with Crippen LogP contribution in [0.4, 0.5) is 5.69 Å². The summed E-state index contributed by atoms with van der Waals surface area (Å²) in [4.78, 5) is 45.1. The van der Waals surface area contributed by atoms with Crippen molar-refractivity contribution in [1.82, 2.24) is 9.80 Å². The third-order valence-corrected chi connectivity index (χ3v) is 8.90. The van der Waals surface area contributed by atoms with Gasteiger partial charge in [-0.1, -0.05) is 20.8 Å². The number of anilines is 1. The molecule has 11 nitrogen and oxygen atoms in total. The molecule has 230 valence electrons. The number of aliphatic hydroxyl groups is 3. The summed E-state index contributed by atoms with van der Waals surface area (Å²) in [5.74, 6) is -6.56. The second-order valence-electron chi connectivity index (χ2n) is 13.7. The van der Waals surface area contributed by atoms with Crippen molar-refractivity contribution in [3.8, 4) is 5.75 Å². The van der Waals surface area contributed by atoms with Gasteiger partial charge in [-0.15, -0.1) is 0 Å². The van der Waals surface area contributed by atoms with Crippen molar-refractivity contribution in [2.45, 2.75) is 58.2 Å². The highest BCUT2D eigenvalue weighted by atomic mass is 16.3. The zero-order valence-corrected chi connectivity index (χ0v) is 25.8. The second kappa shape index (κ2) is 10.7. The van der Waals surface area contributed by atoms with E-state index in [1.54, 1.807) is 20.2 Å². The molecule has 3 aliphatic rings. The summed E-state index contributed by atoms with van der Waals surface area (Å²) in [5.41, 5.74) is 4.34. The SMILES string of the molecule is CN(CCC(C)(C)C)Cc1cc(O)c2c(c1N(C)C)C[C@H]1C[C@H]3[C@H](N(C)C)C(=O)C(C(N)=O)=C(O)[C@@]3(O)C(=O)C1=C2O. The molecule has 0 aliphatic heterocycles. The van der Waals surface area contributed by atoms with Crippen molar-refractivity contribution in [3.05, 3.63) is 39.7 Å². The maximum absolute atomic E-state index is 14.0. The van der Waals surface area contributed by atoms with Crippen LogP contribution in [0, 0.1) is 17.3 Å². The average Bonchev–Trinajstić information content (AvgIpc) is 2.83. The minimum atomic E-state index is -2.65. The van der Waals surface area contributed by atoms with Crippen LogP contribution < -0.4 is 10.6 Å². The third kappa shape index (κ3) is 4.97. The van der Waals surface area contributed by atoms with E-state index in [4.69, 9.17) is 5.73 Å². The zero-order valence-electron chi connectivity index (χ0n) is 25.8. The average molecular weight is 585 g/mol. The number of carbonyl (C=O) groups excluding carboxylic acids is 3. The van der Waals surface area contributed by atoms with E-state index in [-0.39, 0.29) is 35.1 Å². The van der Waals surface area contributed by atoms with Gasteiger partial charge in [-0.2, -0.15) is 0 Å². The highest BCUT2D eigenvalue weighted by Gasteiger charge is 2.64. The molecule has 0 spiro atoms. The first-order valence-electron chi connectivity index (χ1n) is 14.2. The summed E-state index contributed by atoms with van der Waals surface area (Å²) in [6.07, 6.45) is 1.27. The Kier molecular flexibility index (Phi) is 8.03. The number of fused-ring (bicyclic) bond motifs is 3. The summed E-state index contributed by atoms with van der Waals surface area (Å²) in [6, 6.07) is 0.472. The number of aromatic hydroxyl groups is 1. The molecule has 42 heavy (non-hydrogen) atoms. The minimum absolute atomic E-state index is 0.0507. The first kappa shape index (κ1) is 31.5. The van der Waals surface area contributed by atoms with Crippen molar-refractivity contribution in [2.75, 3.05) is 46.7 Å². The van der Waals surface area contributed by atoms with Crippen molar-refractivity contribution >= 4 is 28.9 Å². The highest BCUT2D eigenvalue weighted by Crippen LogP contribution is 2.54. The van der Waals surface area contributed by atoms with Crippen molar-refractivity contribution < 1.29 is 34.8 Å². The van der Waals surface area contributed by atoms with E-state index in [9.17, 15) is 34.8 Å². The molecule has 4 rings (SSSR count). The van der Waals surface area contributed by atoms with Gasteiger partial charge in [0.2, 0.25) is 5.78 Å². The number of phenols is 1.